The lowest BCUT2D eigenvalue weighted by Crippen LogP contribution is -2.45. The zero-order valence-corrected chi connectivity index (χ0v) is 12.3. The molecule has 11 nitrogen and oxygen atoms in total. The minimum Gasteiger partial charge on any atom is -0.480 e. The van der Waals surface area contributed by atoms with Gasteiger partial charge in [0, 0.05) is 18.3 Å². The lowest BCUT2D eigenvalue weighted by Gasteiger charge is -2.27. The van der Waals surface area contributed by atoms with E-state index in [2.05, 4.69) is 9.97 Å². The molecular formula is C12H21N3O8. The molecule has 1 rings (SSSR count). The molecule has 3 atom stereocenters. The van der Waals surface area contributed by atoms with E-state index in [0.717, 1.165) is 0 Å². The Morgan fingerprint density at radius 3 is 2.17 bits per heavy atom. The average Bonchev–Trinajstić information content (AvgIpc) is 3.05. The van der Waals surface area contributed by atoms with Gasteiger partial charge < -0.3 is 30.5 Å². The molecule has 6 N–H and O–H groups in total. The van der Waals surface area contributed by atoms with Crippen molar-refractivity contribution in [1.82, 2.24) is 15.2 Å². The van der Waals surface area contributed by atoms with Gasteiger partial charge in [-0.3, -0.25) is 14.5 Å². The number of hydroxylamine groups is 2. The molecular weight excluding hydrogens is 314 g/mol. The zero-order chi connectivity index (χ0) is 17.2. The molecule has 0 saturated heterocycles. The Morgan fingerprint density at radius 2 is 1.78 bits per heavy atom. The summed E-state index contributed by atoms with van der Waals surface area (Å²) in [6.07, 6.45) is 0.292. The number of aromatic amines is 1. The summed E-state index contributed by atoms with van der Waals surface area (Å²) < 4.78 is 0. The molecule has 0 aliphatic carbocycles. The molecule has 23 heavy (non-hydrogen) atoms. The fourth-order valence-corrected chi connectivity index (χ4v) is 1.50. The van der Waals surface area contributed by atoms with Crippen molar-refractivity contribution in [3.8, 4) is 0 Å². The maximum Gasteiger partial charge on any atom is 0.326 e. The summed E-state index contributed by atoms with van der Waals surface area (Å²) in [7, 11) is 0. The number of H-pyrrole nitrogens is 1. The zero-order valence-electron chi connectivity index (χ0n) is 12.3. The fraction of sp³-hybridized carbons (Fsp3) is 0.667. The predicted molar refractivity (Wildman–Crippen MR) is 73.6 cm³/mol. The average molecular weight is 335 g/mol. The maximum atomic E-state index is 11.4. The van der Waals surface area contributed by atoms with Gasteiger partial charge in [-0.05, 0) is 0 Å². The summed E-state index contributed by atoms with van der Waals surface area (Å²) in [5.74, 6) is -1.28. The maximum absolute atomic E-state index is 11.4. The van der Waals surface area contributed by atoms with E-state index in [1.807, 2.05) is 0 Å². The monoisotopic (exact) mass is 335 g/mol. The van der Waals surface area contributed by atoms with Gasteiger partial charge in [-0.25, -0.2) is 4.98 Å². The number of carboxylic acid groups (broad SMARTS) is 1. The van der Waals surface area contributed by atoms with E-state index in [1.54, 1.807) is 0 Å². The van der Waals surface area contributed by atoms with Gasteiger partial charge in [-0.2, -0.15) is 0 Å². The third-order valence-corrected chi connectivity index (χ3v) is 2.72. The van der Waals surface area contributed by atoms with Crippen molar-refractivity contribution in [2.24, 2.45) is 0 Å². The van der Waals surface area contributed by atoms with Gasteiger partial charge in [0.2, 0.25) is 0 Å². The standard InChI is InChI=1S/C12H21N3O8/c16-3-9(18)5-22-15(23-6-10(19)4-17)11(12(20)21)1-8-2-13-7-14-8/h2,7,9-11,16-19H,1,3-6H2,(H,13,14)(H,20,21)/t9?,10?,11-/m0/s1. The Labute approximate surface area is 131 Å². The molecule has 1 heterocycles. The van der Waals surface area contributed by atoms with Crippen molar-refractivity contribution in [3.05, 3.63) is 18.2 Å². The summed E-state index contributed by atoms with van der Waals surface area (Å²) in [5, 5.41) is 46.1. The largest absolute Gasteiger partial charge is 0.480 e. The van der Waals surface area contributed by atoms with Gasteiger partial charge >= 0.3 is 5.97 Å². The van der Waals surface area contributed by atoms with Crippen LogP contribution in [0.4, 0.5) is 0 Å². The first-order valence-corrected chi connectivity index (χ1v) is 6.80. The van der Waals surface area contributed by atoms with Crippen LogP contribution in [0, 0.1) is 0 Å². The third-order valence-electron chi connectivity index (χ3n) is 2.72. The third kappa shape index (κ3) is 7.00. The molecule has 132 valence electrons. The second-order valence-corrected chi connectivity index (χ2v) is 4.68. The molecule has 1 aromatic heterocycles. The van der Waals surface area contributed by atoms with Crippen molar-refractivity contribution in [3.63, 3.8) is 0 Å². The van der Waals surface area contributed by atoms with Crippen LogP contribution < -0.4 is 0 Å². The van der Waals surface area contributed by atoms with Crippen LogP contribution in [0.15, 0.2) is 12.5 Å². The summed E-state index contributed by atoms with van der Waals surface area (Å²) in [6.45, 7) is -1.99. The molecule has 11 heteroatoms. The summed E-state index contributed by atoms with van der Waals surface area (Å²) in [6, 6.07) is -1.31. The molecule has 2 unspecified atom stereocenters. The van der Waals surface area contributed by atoms with Crippen molar-refractivity contribution in [2.45, 2.75) is 24.7 Å². The highest BCUT2D eigenvalue weighted by molar-refractivity contribution is 5.73. The minimum atomic E-state index is -1.31. The highest BCUT2D eigenvalue weighted by Gasteiger charge is 2.30. The lowest BCUT2D eigenvalue weighted by atomic mass is 10.2. The van der Waals surface area contributed by atoms with Crippen molar-refractivity contribution in [2.75, 3.05) is 26.4 Å². The molecule has 0 bridgehead atoms. The number of aliphatic carboxylic acids is 1. The van der Waals surface area contributed by atoms with Crippen molar-refractivity contribution < 1.29 is 40.0 Å². The molecule has 0 spiro atoms. The molecule has 0 fully saturated rings. The minimum absolute atomic E-state index is 0.0558. The number of aliphatic hydroxyl groups is 4. The number of aliphatic hydroxyl groups excluding tert-OH is 4. The fourth-order valence-electron chi connectivity index (χ4n) is 1.50. The highest BCUT2D eigenvalue weighted by Crippen LogP contribution is 2.10. The van der Waals surface area contributed by atoms with Gasteiger partial charge in [-0.15, -0.1) is 0 Å². The number of carboxylic acids is 1. The second kappa shape index (κ2) is 10.2. The van der Waals surface area contributed by atoms with Crippen LogP contribution in [0.3, 0.4) is 0 Å². The van der Waals surface area contributed by atoms with E-state index in [-0.39, 0.29) is 6.42 Å². The normalized spacial score (nSPS) is 15.5. The topological polar surface area (TPSA) is 169 Å². The summed E-state index contributed by atoms with van der Waals surface area (Å²) in [5.41, 5.74) is 0.500. The van der Waals surface area contributed by atoms with Crippen LogP contribution >= 0.6 is 0 Å². The number of aromatic nitrogens is 2. The van der Waals surface area contributed by atoms with E-state index in [0.29, 0.717) is 10.9 Å². The van der Waals surface area contributed by atoms with Crippen molar-refractivity contribution in [1.29, 1.82) is 0 Å². The number of hydrogen-bond acceptors (Lipinski definition) is 9. The van der Waals surface area contributed by atoms with E-state index in [9.17, 15) is 20.1 Å². The number of nitrogens with zero attached hydrogens (tertiary/aromatic N) is 2. The molecule has 0 aliphatic heterocycles. The summed E-state index contributed by atoms with van der Waals surface area (Å²) in [4.78, 5) is 28.1. The predicted octanol–water partition coefficient (Wildman–Crippen LogP) is -2.72. The van der Waals surface area contributed by atoms with E-state index in [1.165, 1.54) is 12.5 Å². The van der Waals surface area contributed by atoms with Crippen LogP contribution in [0.5, 0.6) is 0 Å². The SMILES string of the molecule is O=C(O)[C@H](Cc1cnc[nH]1)N(OCC(O)CO)OCC(O)CO. The Hall–Kier alpha value is -1.60. The molecule has 0 radical (unpaired) electrons. The van der Waals surface area contributed by atoms with Crippen LogP contribution in [-0.4, -0.2) is 91.4 Å². The van der Waals surface area contributed by atoms with E-state index < -0.39 is 50.6 Å². The van der Waals surface area contributed by atoms with Crippen LogP contribution in [0.1, 0.15) is 5.69 Å². The number of nitrogens with one attached hydrogen (secondary N) is 1. The summed E-state index contributed by atoms with van der Waals surface area (Å²) >= 11 is 0. The van der Waals surface area contributed by atoms with E-state index >= 15 is 0 Å². The smallest absolute Gasteiger partial charge is 0.326 e. The van der Waals surface area contributed by atoms with Gasteiger partial charge in [0.1, 0.15) is 12.2 Å². The number of hydrogen-bond donors (Lipinski definition) is 6. The molecule has 0 aromatic carbocycles. The first-order chi connectivity index (χ1) is 11.0. The first-order valence-electron chi connectivity index (χ1n) is 6.80. The van der Waals surface area contributed by atoms with Crippen LogP contribution in [0.2, 0.25) is 0 Å². The Bertz CT molecular complexity index is 430. The first kappa shape index (κ1) is 19.4. The lowest BCUT2D eigenvalue weighted by molar-refractivity contribution is -0.393. The Balaban J connectivity index is 2.76. The van der Waals surface area contributed by atoms with Gasteiger partial charge in [0.25, 0.3) is 0 Å². The number of rotatable bonds is 12. The van der Waals surface area contributed by atoms with Crippen LogP contribution in [-0.2, 0) is 20.9 Å². The van der Waals surface area contributed by atoms with Gasteiger partial charge in [0.15, 0.2) is 6.04 Å². The van der Waals surface area contributed by atoms with Gasteiger partial charge in [-0.1, -0.05) is 5.23 Å². The highest BCUT2D eigenvalue weighted by atomic mass is 17.0. The molecule has 1 aromatic rings. The van der Waals surface area contributed by atoms with Crippen molar-refractivity contribution >= 4 is 5.97 Å². The molecule has 0 aliphatic rings. The van der Waals surface area contributed by atoms with E-state index in [4.69, 9.17) is 19.9 Å². The van der Waals surface area contributed by atoms with Crippen LogP contribution in [0.25, 0.3) is 0 Å². The molecule has 0 saturated carbocycles. The van der Waals surface area contributed by atoms with Gasteiger partial charge in [0.05, 0.1) is 32.8 Å². The second-order valence-electron chi connectivity index (χ2n) is 4.68. The Morgan fingerprint density at radius 1 is 1.22 bits per heavy atom. The Kier molecular flexibility index (Phi) is 8.65. The number of imidazole rings is 1. The number of carbonyl (C=O) groups is 1. The molecule has 0 amide bonds. The quantitative estimate of drug-likeness (QED) is 0.221.